The van der Waals surface area contributed by atoms with Crippen LogP contribution in [0.5, 0.6) is 0 Å². The number of urea groups is 2. The van der Waals surface area contributed by atoms with E-state index in [1.807, 2.05) is 6.92 Å². The van der Waals surface area contributed by atoms with Gasteiger partial charge in [-0.15, -0.1) is 0 Å². The zero-order valence-electron chi connectivity index (χ0n) is 18.1. The fourth-order valence-corrected chi connectivity index (χ4v) is 4.24. The smallest absolute Gasteiger partial charge is 0.322 e. The molecule has 0 spiro atoms. The highest BCUT2D eigenvalue weighted by atomic mass is 35.5. The number of carbonyl (C=O) groups excluding carboxylic acids is 3. The van der Waals surface area contributed by atoms with Gasteiger partial charge in [0.2, 0.25) is 5.91 Å². The number of benzene rings is 2. The first-order chi connectivity index (χ1) is 15.8. The Bertz CT molecular complexity index is 1060. The predicted molar refractivity (Wildman–Crippen MR) is 125 cm³/mol. The Labute approximate surface area is 196 Å². The molecule has 0 unspecified atom stereocenters. The molecule has 10 heteroatoms. The highest BCUT2D eigenvalue weighted by Gasteiger charge is 2.38. The van der Waals surface area contributed by atoms with Crippen molar-refractivity contribution in [3.63, 3.8) is 0 Å². The van der Waals surface area contributed by atoms with Gasteiger partial charge in [-0.3, -0.25) is 9.69 Å². The van der Waals surface area contributed by atoms with Crippen LogP contribution in [0.1, 0.15) is 19.8 Å². The molecule has 0 saturated carbocycles. The Balaban J connectivity index is 1.44. The second-order valence-corrected chi connectivity index (χ2v) is 8.77. The second-order valence-electron chi connectivity index (χ2n) is 8.34. The number of nitrogens with one attached hydrogen (secondary N) is 3. The molecular formula is C23H25ClFN5O3. The van der Waals surface area contributed by atoms with Crippen molar-refractivity contribution in [2.75, 3.05) is 35.2 Å². The second kappa shape index (κ2) is 9.66. The number of hydrogen-bond acceptors (Lipinski definition) is 3. The van der Waals surface area contributed by atoms with E-state index in [0.29, 0.717) is 42.5 Å². The number of halogens is 2. The third-order valence-electron chi connectivity index (χ3n) is 5.77. The summed E-state index contributed by atoms with van der Waals surface area (Å²) in [4.78, 5) is 40.7. The minimum absolute atomic E-state index is 0.00113. The van der Waals surface area contributed by atoms with Crippen LogP contribution in [0.4, 0.5) is 31.0 Å². The number of rotatable bonds is 4. The molecule has 174 valence electrons. The molecule has 2 heterocycles. The largest absolute Gasteiger partial charge is 0.338 e. The average Bonchev–Trinajstić information content (AvgIpc) is 3.19. The summed E-state index contributed by atoms with van der Waals surface area (Å²) < 4.78 is 14.8. The third-order valence-corrected chi connectivity index (χ3v) is 6.02. The lowest BCUT2D eigenvalue weighted by Gasteiger charge is -2.28. The third kappa shape index (κ3) is 5.19. The van der Waals surface area contributed by atoms with Crippen LogP contribution in [0.2, 0.25) is 5.02 Å². The number of nitrogens with zero attached hydrogens (tertiary/aromatic N) is 2. The normalized spacial score (nSPS) is 20.4. The number of amides is 5. The van der Waals surface area contributed by atoms with E-state index in [2.05, 4.69) is 16.0 Å². The van der Waals surface area contributed by atoms with Crippen LogP contribution in [-0.4, -0.2) is 48.5 Å². The fraction of sp³-hybridized carbons (Fsp3) is 0.348. The molecule has 2 saturated heterocycles. The number of likely N-dealkylation sites (tertiary alicyclic amines) is 1. The minimum Gasteiger partial charge on any atom is -0.338 e. The van der Waals surface area contributed by atoms with E-state index in [1.165, 1.54) is 21.9 Å². The molecule has 4 rings (SSSR count). The van der Waals surface area contributed by atoms with Gasteiger partial charge in [-0.2, -0.15) is 0 Å². The highest BCUT2D eigenvalue weighted by molar-refractivity contribution is 6.30. The summed E-state index contributed by atoms with van der Waals surface area (Å²) in [6.07, 6.45) is 1.23. The van der Waals surface area contributed by atoms with Crippen molar-refractivity contribution >= 4 is 46.6 Å². The summed E-state index contributed by atoms with van der Waals surface area (Å²) >= 11 is 5.88. The van der Waals surface area contributed by atoms with Gasteiger partial charge < -0.3 is 20.9 Å². The summed E-state index contributed by atoms with van der Waals surface area (Å²) in [6.45, 7) is 3.44. The average molecular weight is 474 g/mol. The molecule has 2 aliphatic rings. The van der Waals surface area contributed by atoms with Crippen LogP contribution in [0.3, 0.4) is 0 Å². The van der Waals surface area contributed by atoms with Gasteiger partial charge in [0.05, 0.1) is 5.69 Å². The van der Waals surface area contributed by atoms with Gasteiger partial charge in [0.25, 0.3) is 0 Å². The number of carbonyl (C=O) groups is 3. The van der Waals surface area contributed by atoms with Crippen molar-refractivity contribution in [1.82, 2.24) is 10.2 Å². The molecule has 2 atom stereocenters. The van der Waals surface area contributed by atoms with E-state index in [9.17, 15) is 18.8 Å². The van der Waals surface area contributed by atoms with Gasteiger partial charge in [-0.25, -0.2) is 14.0 Å². The Kier molecular flexibility index (Phi) is 6.69. The maximum Gasteiger partial charge on any atom is 0.322 e. The SMILES string of the molecule is C[C@@H]1C[C@H](C(=O)Nc2ccc(N3CCCNC3=O)cc2F)N(C(=O)Nc2ccc(Cl)cc2)C1. The van der Waals surface area contributed by atoms with Gasteiger partial charge in [-0.1, -0.05) is 18.5 Å². The molecule has 0 aromatic heterocycles. The van der Waals surface area contributed by atoms with Crippen molar-refractivity contribution in [2.24, 2.45) is 5.92 Å². The standard InChI is InChI=1S/C23H25ClFN5O3/c1-14-11-20(30(13-14)23(33)27-16-5-3-15(24)4-6-16)21(31)28-19-8-7-17(12-18(19)25)29-10-2-9-26-22(29)32/h3-8,12,14,20H,2,9-11,13H2,1H3,(H,26,32)(H,27,33)(H,28,31)/t14-,20-/m1/s1. The van der Waals surface area contributed by atoms with Crippen molar-refractivity contribution in [2.45, 2.75) is 25.8 Å². The first kappa shape index (κ1) is 22.8. The molecule has 8 nitrogen and oxygen atoms in total. The van der Waals surface area contributed by atoms with Crippen molar-refractivity contribution in [3.8, 4) is 0 Å². The van der Waals surface area contributed by atoms with Crippen molar-refractivity contribution in [1.29, 1.82) is 0 Å². The number of anilines is 3. The number of hydrogen-bond donors (Lipinski definition) is 3. The van der Waals surface area contributed by atoms with E-state index in [-0.39, 0.29) is 17.6 Å². The minimum atomic E-state index is -0.737. The molecule has 0 radical (unpaired) electrons. The molecule has 2 aromatic rings. The van der Waals surface area contributed by atoms with Gasteiger partial charge >= 0.3 is 12.1 Å². The molecule has 2 aromatic carbocycles. The van der Waals surface area contributed by atoms with Crippen LogP contribution in [0.15, 0.2) is 42.5 Å². The molecular weight excluding hydrogens is 449 g/mol. The quantitative estimate of drug-likeness (QED) is 0.618. The highest BCUT2D eigenvalue weighted by Crippen LogP contribution is 2.27. The first-order valence-electron chi connectivity index (χ1n) is 10.8. The van der Waals surface area contributed by atoms with Gasteiger partial charge in [0, 0.05) is 36.0 Å². The molecule has 5 amide bonds. The van der Waals surface area contributed by atoms with E-state index in [4.69, 9.17) is 11.6 Å². The van der Waals surface area contributed by atoms with E-state index >= 15 is 0 Å². The maximum atomic E-state index is 14.8. The Morgan fingerprint density at radius 2 is 1.91 bits per heavy atom. The zero-order valence-corrected chi connectivity index (χ0v) is 18.9. The van der Waals surface area contributed by atoms with Gasteiger partial charge in [0.15, 0.2) is 0 Å². The molecule has 2 aliphatic heterocycles. The van der Waals surface area contributed by atoms with Crippen LogP contribution < -0.4 is 20.9 Å². The Morgan fingerprint density at radius 3 is 2.61 bits per heavy atom. The van der Waals surface area contributed by atoms with E-state index in [0.717, 1.165) is 6.42 Å². The summed E-state index contributed by atoms with van der Waals surface area (Å²) in [5.41, 5.74) is 0.978. The van der Waals surface area contributed by atoms with Gasteiger partial charge in [-0.05, 0) is 61.2 Å². The lowest BCUT2D eigenvalue weighted by atomic mass is 10.1. The van der Waals surface area contributed by atoms with Crippen molar-refractivity contribution in [3.05, 3.63) is 53.3 Å². The molecule has 0 aliphatic carbocycles. The molecule has 0 bridgehead atoms. The summed E-state index contributed by atoms with van der Waals surface area (Å²) in [5.74, 6) is -1.00. The van der Waals surface area contributed by atoms with E-state index in [1.54, 1.807) is 30.3 Å². The predicted octanol–water partition coefficient (Wildman–Crippen LogP) is 4.28. The Hall–Kier alpha value is -3.33. The summed E-state index contributed by atoms with van der Waals surface area (Å²) in [6, 6.07) is 9.49. The summed E-state index contributed by atoms with van der Waals surface area (Å²) in [5, 5.41) is 8.64. The maximum absolute atomic E-state index is 14.8. The summed E-state index contributed by atoms with van der Waals surface area (Å²) in [7, 11) is 0. The van der Waals surface area contributed by atoms with Gasteiger partial charge in [0.1, 0.15) is 11.9 Å². The first-order valence-corrected chi connectivity index (χ1v) is 11.2. The van der Waals surface area contributed by atoms with E-state index < -0.39 is 23.8 Å². The Morgan fingerprint density at radius 1 is 1.15 bits per heavy atom. The lowest BCUT2D eigenvalue weighted by molar-refractivity contribution is -0.119. The van der Waals surface area contributed by atoms with Crippen LogP contribution >= 0.6 is 11.6 Å². The monoisotopic (exact) mass is 473 g/mol. The van der Waals surface area contributed by atoms with Crippen LogP contribution in [0.25, 0.3) is 0 Å². The van der Waals surface area contributed by atoms with Crippen LogP contribution in [0, 0.1) is 11.7 Å². The fourth-order valence-electron chi connectivity index (χ4n) is 4.11. The van der Waals surface area contributed by atoms with Crippen molar-refractivity contribution < 1.29 is 18.8 Å². The molecule has 3 N–H and O–H groups in total. The zero-order chi connectivity index (χ0) is 23.5. The molecule has 33 heavy (non-hydrogen) atoms. The topological polar surface area (TPSA) is 93.8 Å². The lowest BCUT2D eigenvalue weighted by Crippen LogP contribution is -2.46. The van der Waals surface area contributed by atoms with Crippen LogP contribution in [-0.2, 0) is 4.79 Å². The molecule has 2 fully saturated rings.